The lowest BCUT2D eigenvalue weighted by Crippen LogP contribution is -2.21. The van der Waals surface area contributed by atoms with Crippen LogP contribution in [-0.4, -0.2) is 32.7 Å². The van der Waals surface area contributed by atoms with Crippen molar-refractivity contribution in [1.82, 2.24) is 0 Å². The Kier molecular flexibility index (Phi) is 6.25. The molecule has 0 aromatic heterocycles. The fraction of sp³-hybridized carbons (Fsp3) is 0.222. The zero-order chi connectivity index (χ0) is 18.4. The Morgan fingerprint density at radius 3 is 2.48 bits per heavy atom. The number of ether oxygens (including phenoxy) is 3. The third-order valence-electron chi connectivity index (χ3n) is 3.36. The average Bonchev–Trinajstić information content (AvgIpc) is 2.61. The Balaban J connectivity index is 2.00. The van der Waals surface area contributed by atoms with Crippen LogP contribution in [0, 0.1) is 6.92 Å². The van der Waals surface area contributed by atoms with Crippen LogP contribution >= 0.6 is 11.6 Å². The van der Waals surface area contributed by atoms with Crippen molar-refractivity contribution < 1.29 is 23.8 Å². The first kappa shape index (κ1) is 18.6. The van der Waals surface area contributed by atoms with Crippen molar-refractivity contribution >= 4 is 29.2 Å². The molecule has 1 N–H and O–H groups in total. The minimum absolute atomic E-state index is 0.169. The number of carbonyl (C=O) groups is 2. The van der Waals surface area contributed by atoms with Crippen molar-refractivity contribution in [3.63, 3.8) is 0 Å². The highest BCUT2D eigenvalue weighted by Crippen LogP contribution is 2.25. The monoisotopic (exact) mass is 363 g/mol. The smallest absolute Gasteiger partial charge is 0.342 e. The highest BCUT2D eigenvalue weighted by Gasteiger charge is 2.17. The van der Waals surface area contributed by atoms with Gasteiger partial charge < -0.3 is 19.5 Å². The number of nitrogens with one attached hydrogen (secondary N) is 1. The maximum absolute atomic E-state index is 12.2. The minimum atomic E-state index is -0.694. The first-order valence-electron chi connectivity index (χ1n) is 7.39. The molecule has 0 spiro atoms. The molecule has 0 bridgehead atoms. The second-order valence-electron chi connectivity index (χ2n) is 5.17. The molecule has 0 heterocycles. The van der Waals surface area contributed by atoms with Crippen LogP contribution in [0.4, 0.5) is 5.69 Å². The van der Waals surface area contributed by atoms with Crippen molar-refractivity contribution in [3.05, 3.63) is 52.5 Å². The summed E-state index contributed by atoms with van der Waals surface area (Å²) in [6, 6.07) is 9.95. The maximum atomic E-state index is 12.2. The molecule has 0 radical (unpaired) electrons. The summed E-state index contributed by atoms with van der Waals surface area (Å²) in [5.74, 6) is -0.390. The van der Waals surface area contributed by atoms with Gasteiger partial charge in [-0.25, -0.2) is 4.79 Å². The number of carbonyl (C=O) groups excluding carboxylic acids is 2. The number of halogens is 1. The van der Waals surface area contributed by atoms with Crippen molar-refractivity contribution in [1.29, 1.82) is 0 Å². The van der Waals surface area contributed by atoms with E-state index in [1.807, 2.05) is 13.0 Å². The van der Waals surface area contributed by atoms with Gasteiger partial charge in [0.15, 0.2) is 6.61 Å². The third kappa shape index (κ3) is 4.87. The Labute approximate surface area is 150 Å². The van der Waals surface area contributed by atoms with E-state index < -0.39 is 18.5 Å². The molecule has 7 heteroatoms. The molecule has 0 aliphatic carbocycles. The predicted molar refractivity (Wildman–Crippen MR) is 94.6 cm³/mol. The summed E-state index contributed by atoms with van der Waals surface area (Å²) in [6.45, 7) is 1.43. The van der Waals surface area contributed by atoms with E-state index in [0.29, 0.717) is 22.2 Å². The van der Waals surface area contributed by atoms with E-state index in [1.54, 1.807) is 24.3 Å². The van der Waals surface area contributed by atoms with Crippen molar-refractivity contribution in [2.45, 2.75) is 6.92 Å². The van der Waals surface area contributed by atoms with Gasteiger partial charge in [-0.05, 0) is 42.8 Å². The topological polar surface area (TPSA) is 73.9 Å². The summed E-state index contributed by atoms with van der Waals surface area (Å²) in [5.41, 5.74) is 1.59. The zero-order valence-corrected chi connectivity index (χ0v) is 14.8. The Morgan fingerprint density at radius 1 is 1.08 bits per heavy atom. The van der Waals surface area contributed by atoms with Gasteiger partial charge >= 0.3 is 5.97 Å². The summed E-state index contributed by atoms with van der Waals surface area (Å²) in [4.78, 5) is 24.2. The van der Waals surface area contributed by atoms with Crippen LogP contribution in [-0.2, 0) is 9.53 Å². The summed E-state index contributed by atoms with van der Waals surface area (Å²) >= 11 is 6.05. The molecule has 2 rings (SSSR count). The molecule has 1 amide bonds. The highest BCUT2D eigenvalue weighted by molar-refractivity contribution is 6.33. The molecular weight excluding hydrogens is 346 g/mol. The highest BCUT2D eigenvalue weighted by atomic mass is 35.5. The van der Waals surface area contributed by atoms with Crippen LogP contribution < -0.4 is 14.8 Å². The number of aryl methyl sites for hydroxylation is 1. The van der Waals surface area contributed by atoms with E-state index in [0.717, 1.165) is 5.56 Å². The van der Waals surface area contributed by atoms with Crippen molar-refractivity contribution in [2.24, 2.45) is 0 Å². The molecule has 0 atom stereocenters. The van der Waals surface area contributed by atoms with Gasteiger partial charge in [0.2, 0.25) is 0 Å². The molecule has 0 aliphatic heterocycles. The van der Waals surface area contributed by atoms with Gasteiger partial charge in [0.05, 0.1) is 24.9 Å². The standard InChI is InChI=1S/C18H18ClNO5/c1-11-4-6-15(14(19)8-11)20-17(21)10-25-18(22)13-9-12(23-2)5-7-16(13)24-3/h4-9H,10H2,1-3H3,(H,20,21). The molecule has 0 unspecified atom stereocenters. The lowest BCUT2D eigenvalue weighted by Gasteiger charge is -2.11. The fourth-order valence-corrected chi connectivity index (χ4v) is 2.37. The number of hydrogen-bond donors (Lipinski definition) is 1. The van der Waals surface area contributed by atoms with E-state index in [2.05, 4.69) is 5.32 Å². The van der Waals surface area contributed by atoms with Gasteiger partial charge in [-0.2, -0.15) is 0 Å². The van der Waals surface area contributed by atoms with E-state index >= 15 is 0 Å². The molecule has 25 heavy (non-hydrogen) atoms. The fourth-order valence-electron chi connectivity index (χ4n) is 2.09. The van der Waals surface area contributed by atoms with E-state index in [-0.39, 0.29) is 5.56 Å². The lowest BCUT2D eigenvalue weighted by atomic mass is 10.2. The first-order chi connectivity index (χ1) is 11.9. The Hall–Kier alpha value is -2.73. The second-order valence-corrected chi connectivity index (χ2v) is 5.58. The van der Waals surface area contributed by atoms with Gasteiger partial charge in [0.1, 0.15) is 17.1 Å². The summed E-state index contributed by atoms with van der Waals surface area (Å²) in [6.07, 6.45) is 0. The summed E-state index contributed by atoms with van der Waals surface area (Å²) < 4.78 is 15.2. The Morgan fingerprint density at radius 2 is 1.84 bits per heavy atom. The lowest BCUT2D eigenvalue weighted by molar-refractivity contribution is -0.119. The quantitative estimate of drug-likeness (QED) is 0.795. The van der Waals surface area contributed by atoms with Crippen LogP contribution in [0.2, 0.25) is 5.02 Å². The largest absolute Gasteiger partial charge is 0.497 e. The van der Waals surface area contributed by atoms with Crippen LogP contribution in [0.15, 0.2) is 36.4 Å². The number of rotatable bonds is 6. The molecule has 0 saturated heterocycles. The number of benzene rings is 2. The van der Waals surface area contributed by atoms with Crippen molar-refractivity contribution in [2.75, 3.05) is 26.1 Å². The molecule has 0 saturated carbocycles. The molecule has 2 aromatic rings. The number of amides is 1. The summed E-state index contributed by atoms with van der Waals surface area (Å²) in [5, 5.41) is 3.00. The molecular formula is C18H18ClNO5. The number of anilines is 1. The number of methoxy groups -OCH3 is 2. The average molecular weight is 364 g/mol. The maximum Gasteiger partial charge on any atom is 0.342 e. The van der Waals surface area contributed by atoms with E-state index in [4.69, 9.17) is 25.8 Å². The van der Waals surface area contributed by atoms with E-state index in [1.165, 1.54) is 20.3 Å². The van der Waals surface area contributed by atoms with Crippen LogP contribution in [0.25, 0.3) is 0 Å². The molecule has 0 aliphatic rings. The van der Waals surface area contributed by atoms with Crippen LogP contribution in [0.5, 0.6) is 11.5 Å². The predicted octanol–water partition coefficient (Wildman–Crippen LogP) is 3.46. The van der Waals surface area contributed by atoms with Gasteiger partial charge in [0, 0.05) is 0 Å². The van der Waals surface area contributed by atoms with Gasteiger partial charge in [-0.1, -0.05) is 17.7 Å². The second kappa shape index (κ2) is 8.39. The molecule has 2 aromatic carbocycles. The first-order valence-corrected chi connectivity index (χ1v) is 7.77. The normalized spacial score (nSPS) is 10.1. The van der Waals surface area contributed by atoms with Gasteiger partial charge in [-0.3, -0.25) is 4.79 Å². The Bertz CT molecular complexity index is 791. The number of hydrogen-bond acceptors (Lipinski definition) is 5. The van der Waals surface area contributed by atoms with Crippen molar-refractivity contribution in [3.8, 4) is 11.5 Å². The van der Waals surface area contributed by atoms with Crippen LogP contribution in [0.3, 0.4) is 0 Å². The van der Waals surface area contributed by atoms with Gasteiger partial charge in [-0.15, -0.1) is 0 Å². The third-order valence-corrected chi connectivity index (χ3v) is 3.67. The molecule has 0 fully saturated rings. The molecule has 132 valence electrons. The van der Waals surface area contributed by atoms with Gasteiger partial charge in [0.25, 0.3) is 5.91 Å². The SMILES string of the molecule is COc1ccc(OC)c(C(=O)OCC(=O)Nc2ccc(C)cc2Cl)c1. The summed E-state index contributed by atoms with van der Waals surface area (Å²) in [7, 11) is 2.92. The van der Waals surface area contributed by atoms with E-state index in [9.17, 15) is 9.59 Å². The molecule has 6 nitrogen and oxygen atoms in total. The zero-order valence-electron chi connectivity index (χ0n) is 14.1. The number of esters is 1. The minimum Gasteiger partial charge on any atom is -0.497 e. The van der Waals surface area contributed by atoms with Crippen LogP contribution in [0.1, 0.15) is 15.9 Å².